The molecule has 0 aromatic heterocycles. The Balaban J connectivity index is 1.52. The van der Waals surface area contributed by atoms with Gasteiger partial charge in [-0.25, -0.2) is 0 Å². The number of amides is 1. The molecule has 2 nitrogen and oxygen atoms in total. The van der Waals surface area contributed by atoms with Gasteiger partial charge in [0.25, 0.3) is 0 Å². The summed E-state index contributed by atoms with van der Waals surface area (Å²) in [5, 5.41) is 3.02. The van der Waals surface area contributed by atoms with E-state index in [1.165, 1.54) is 12.5 Å². The van der Waals surface area contributed by atoms with Crippen LogP contribution < -0.4 is 5.32 Å². The Morgan fingerprint density at radius 1 is 1.23 bits per heavy atom. The van der Waals surface area contributed by atoms with Crippen LogP contribution in [-0.4, -0.2) is 10.2 Å². The first-order chi connectivity index (χ1) is 12.1. The molecule has 4 aliphatic carbocycles. The number of halogens is 4. The monoisotopic (exact) mass is 429 g/mol. The molecule has 4 aliphatic rings. The zero-order valence-electron chi connectivity index (χ0n) is 14.7. The summed E-state index contributed by atoms with van der Waals surface area (Å²) in [7, 11) is 0. The average Bonchev–Trinajstić information content (AvgIpc) is 2.51. The van der Waals surface area contributed by atoms with E-state index in [-0.39, 0.29) is 15.6 Å². The first-order valence-corrected chi connectivity index (χ1v) is 10.0. The fourth-order valence-electron chi connectivity index (χ4n) is 5.83. The molecular formula is C20H23BrF3NO. The van der Waals surface area contributed by atoms with Gasteiger partial charge in [0.05, 0.1) is 17.0 Å². The second kappa shape index (κ2) is 5.98. The van der Waals surface area contributed by atoms with E-state index in [4.69, 9.17) is 0 Å². The molecule has 142 valence electrons. The lowest BCUT2D eigenvalue weighted by molar-refractivity contribution is -0.144. The summed E-state index contributed by atoms with van der Waals surface area (Å²) in [6.45, 7) is 1.76. The second-order valence-corrected chi connectivity index (χ2v) is 10.4. The maximum atomic E-state index is 13.2. The van der Waals surface area contributed by atoms with Crippen LogP contribution >= 0.6 is 15.9 Å². The fraction of sp³-hybridized carbons (Fsp3) is 0.650. The highest BCUT2D eigenvalue weighted by molar-refractivity contribution is 9.10. The van der Waals surface area contributed by atoms with Gasteiger partial charge in [-0.3, -0.25) is 4.79 Å². The molecule has 3 atom stereocenters. The quantitative estimate of drug-likeness (QED) is 0.620. The van der Waals surface area contributed by atoms with Crippen molar-refractivity contribution in [3.05, 3.63) is 35.4 Å². The molecule has 0 radical (unpaired) electrons. The number of rotatable bonds is 3. The van der Waals surface area contributed by atoms with E-state index >= 15 is 0 Å². The van der Waals surface area contributed by atoms with Gasteiger partial charge in [-0.1, -0.05) is 28.1 Å². The zero-order valence-corrected chi connectivity index (χ0v) is 16.3. The summed E-state index contributed by atoms with van der Waals surface area (Å²) in [6.07, 6.45) is 1.79. The van der Waals surface area contributed by atoms with Gasteiger partial charge in [0.15, 0.2) is 0 Å². The van der Waals surface area contributed by atoms with E-state index in [1.807, 2.05) is 0 Å². The first kappa shape index (κ1) is 18.3. The van der Waals surface area contributed by atoms with Crippen molar-refractivity contribution in [2.75, 3.05) is 0 Å². The van der Waals surface area contributed by atoms with Gasteiger partial charge >= 0.3 is 6.18 Å². The van der Waals surface area contributed by atoms with Crippen LogP contribution in [0.25, 0.3) is 0 Å². The third kappa shape index (κ3) is 3.19. The van der Waals surface area contributed by atoms with Crippen LogP contribution in [-0.2, 0) is 11.0 Å². The molecule has 1 N–H and O–H groups in total. The smallest absolute Gasteiger partial charge is 0.349 e. The maximum Gasteiger partial charge on any atom is 0.416 e. The van der Waals surface area contributed by atoms with Crippen molar-refractivity contribution >= 4 is 21.8 Å². The number of carbonyl (C=O) groups is 1. The van der Waals surface area contributed by atoms with Gasteiger partial charge in [-0.15, -0.1) is 0 Å². The zero-order chi connectivity index (χ0) is 18.7. The van der Waals surface area contributed by atoms with E-state index in [0.717, 1.165) is 44.2 Å². The Kier molecular flexibility index (Phi) is 4.22. The number of hydrogen-bond donors (Lipinski definition) is 1. The van der Waals surface area contributed by atoms with Gasteiger partial charge in [0, 0.05) is 4.32 Å². The fourth-order valence-corrected chi connectivity index (χ4v) is 7.29. The van der Waals surface area contributed by atoms with E-state index in [9.17, 15) is 18.0 Å². The third-order valence-electron chi connectivity index (χ3n) is 6.53. The van der Waals surface area contributed by atoms with Crippen LogP contribution in [0.2, 0.25) is 0 Å². The largest absolute Gasteiger partial charge is 0.416 e. The molecular weight excluding hydrogens is 407 g/mol. The Morgan fingerprint density at radius 3 is 2.46 bits per heavy atom. The van der Waals surface area contributed by atoms with Gasteiger partial charge in [0.1, 0.15) is 0 Å². The van der Waals surface area contributed by atoms with E-state index in [0.29, 0.717) is 17.4 Å². The first-order valence-electron chi connectivity index (χ1n) is 9.26. The van der Waals surface area contributed by atoms with Crippen LogP contribution in [0, 0.1) is 17.3 Å². The van der Waals surface area contributed by atoms with Gasteiger partial charge in [-0.2, -0.15) is 13.2 Å². The van der Waals surface area contributed by atoms with Crippen molar-refractivity contribution in [1.29, 1.82) is 0 Å². The number of benzene rings is 1. The topological polar surface area (TPSA) is 29.1 Å². The maximum absolute atomic E-state index is 13.2. The summed E-state index contributed by atoms with van der Waals surface area (Å²) >= 11 is 3.90. The molecule has 0 heterocycles. The Bertz CT molecular complexity index is 718. The Morgan fingerprint density at radius 2 is 1.88 bits per heavy atom. The minimum atomic E-state index is -4.37. The van der Waals surface area contributed by atoms with Gasteiger partial charge < -0.3 is 5.32 Å². The number of carbonyl (C=O) groups excluding carboxylic acids is 1. The third-order valence-corrected chi connectivity index (χ3v) is 7.46. The Labute approximate surface area is 160 Å². The predicted octanol–water partition coefficient (Wildman–Crippen LogP) is 5.62. The SMILES string of the molecule is CC(NC(=O)C12CC3CC(CC(Br)(C3)C1)C2)c1cccc(C(F)(F)F)c1. The van der Waals surface area contributed by atoms with E-state index in [1.54, 1.807) is 13.0 Å². The number of hydrogen-bond acceptors (Lipinski definition) is 1. The molecule has 4 bridgehead atoms. The second-order valence-electron chi connectivity index (χ2n) is 8.71. The van der Waals surface area contributed by atoms with Crippen molar-refractivity contribution in [2.24, 2.45) is 17.3 Å². The highest BCUT2D eigenvalue weighted by Crippen LogP contribution is 2.64. The number of alkyl halides is 4. The molecule has 0 saturated heterocycles. The molecule has 1 amide bonds. The lowest BCUT2D eigenvalue weighted by Crippen LogP contribution is -2.58. The minimum absolute atomic E-state index is 0.0142. The molecule has 0 aliphatic heterocycles. The Hall–Kier alpha value is -1.04. The molecule has 1 aromatic carbocycles. The normalized spacial score (nSPS) is 36.8. The van der Waals surface area contributed by atoms with Gasteiger partial charge in [-0.05, 0) is 75.0 Å². The van der Waals surface area contributed by atoms with Crippen molar-refractivity contribution in [3.8, 4) is 0 Å². The van der Waals surface area contributed by atoms with Crippen molar-refractivity contribution in [2.45, 2.75) is 62.0 Å². The summed E-state index contributed by atoms with van der Waals surface area (Å²) in [5.74, 6) is 1.19. The highest BCUT2D eigenvalue weighted by Gasteiger charge is 2.59. The average molecular weight is 430 g/mol. The molecule has 3 unspecified atom stereocenters. The van der Waals surface area contributed by atoms with Crippen molar-refractivity contribution < 1.29 is 18.0 Å². The van der Waals surface area contributed by atoms with Crippen LogP contribution in [0.5, 0.6) is 0 Å². The van der Waals surface area contributed by atoms with E-state index in [2.05, 4.69) is 21.2 Å². The molecule has 4 saturated carbocycles. The van der Waals surface area contributed by atoms with Crippen molar-refractivity contribution in [3.63, 3.8) is 0 Å². The van der Waals surface area contributed by atoms with E-state index < -0.39 is 17.8 Å². The summed E-state index contributed by atoms with van der Waals surface area (Å²) in [5.41, 5.74) is -0.541. The van der Waals surface area contributed by atoms with Crippen LogP contribution in [0.15, 0.2) is 24.3 Å². The number of nitrogens with one attached hydrogen (secondary N) is 1. The molecule has 0 spiro atoms. The van der Waals surface area contributed by atoms with Crippen molar-refractivity contribution in [1.82, 2.24) is 5.32 Å². The summed E-state index contributed by atoms with van der Waals surface area (Å²) in [6, 6.07) is 4.80. The standard InChI is InChI=1S/C20H23BrF3NO/c1-12(15-3-2-4-16(6-15)20(22,23)24)25-17(26)18-7-13-5-14(8-18)10-19(21,9-13)11-18/h2-4,6,12-14H,5,7-11H2,1H3,(H,25,26). The van der Waals surface area contributed by atoms with Gasteiger partial charge in [0.2, 0.25) is 5.91 Å². The van der Waals surface area contributed by atoms with Crippen LogP contribution in [0.4, 0.5) is 13.2 Å². The molecule has 4 fully saturated rings. The highest BCUT2D eigenvalue weighted by atomic mass is 79.9. The lowest BCUT2D eigenvalue weighted by atomic mass is 9.49. The van der Waals surface area contributed by atoms with Crippen LogP contribution in [0.3, 0.4) is 0 Å². The minimum Gasteiger partial charge on any atom is -0.349 e. The molecule has 1 aromatic rings. The summed E-state index contributed by atoms with van der Waals surface area (Å²) < 4.78 is 38.9. The lowest BCUT2D eigenvalue weighted by Gasteiger charge is -2.59. The molecule has 5 rings (SSSR count). The molecule has 6 heteroatoms. The summed E-state index contributed by atoms with van der Waals surface area (Å²) in [4.78, 5) is 13.2. The predicted molar refractivity (Wildman–Crippen MR) is 96.8 cm³/mol. The van der Waals surface area contributed by atoms with Crippen LogP contribution in [0.1, 0.15) is 62.6 Å². The molecule has 26 heavy (non-hydrogen) atoms.